The third-order valence-corrected chi connectivity index (χ3v) is 4.30. The monoisotopic (exact) mass is 357 g/mol. The van der Waals surface area contributed by atoms with Crippen LogP contribution in [-0.2, 0) is 11.2 Å². The average molecular weight is 357 g/mol. The topological polar surface area (TPSA) is 38.3 Å². The molecule has 0 bridgehead atoms. The molecule has 0 spiro atoms. The maximum absolute atomic E-state index is 12.9. The van der Waals surface area contributed by atoms with Crippen molar-refractivity contribution in [2.45, 2.75) is 6.42 Å². The van der Waals surface area contributed by atoms with Gasteiger partial charge in [0, 0.05) is 12.1 Å². The maximum atomic E-state index is 12.9. The van der Waals surface area contributed by atoms with Crippen molar-refractivity contribution in [1.82, 2.24) is 5.32 Å². The van der Waals surface area contributed by atoms with Crippen LogP contribution in [0, 0.1) is 0 Å². The van der Waals surface area contributed by atoms with Crippen LogP contribution in [0.15, 0.2) is 84.9 Å². The van der Waals surface area contributed by atoms with E-state index < -0.39 is 0 Å². The van der Waals surface area contributed by atoms with E-state index in [9.17, 15) is 4.79 Å². The molecule has 3 aromatic rings. The van der Waals surface area contributed by atoms with E-state index in [0.29, 0.717) is 12.1 Å². The van der Waals surface area contributed by atoms with E-state index in [1.54, 1.807) is 7.11 Å². The summed E-state index contributed by atoms with van der Waals surface area (Å²) in [6, 6.07) is 27.5. The number of carbonyl (C=O) groups excluding carboxylic acids is 1. The fourth-order valence-corrected chi connectivity index (χ4v) is 2.82. The lowest BCUT2D eigenvalue weighted by atomic mass is 10.0. The van der Waals surface area contributed by atoms with Crippen molar-refractivity contribution in [3.63, 3.8) is 0 Å². The highest BCUT2D eigenvalue weighted by atomic mass is 16.5. The van der Waals surface area contributed by atoms with Crippen molar-refractivity contribution in [3.05, 3.63) is 102 Å². The van der Waals surface area contributed by atoms with Gasteiger partial charge in [0.15, 0.2) is 0 Å². The minimum Gasteiger partial charge on any atom is -0.497 e. The van der Waals surface area contributed by atoms with Crippen molar-refractivity contribution < 1.29 is 9.53 Å². The Balaban J connectivity index is 1.77. The van der Waals surface area contributed by atoms with Gasteiger partial charge in [-0.15, -0.1) is 0 Å². The first-order valence-corrected chi connectivity index (χ1v) is 8.99. The predicted octanol–water partition coefficient (Wildman–Crippen LogP) is 4.59. The second-order valence-corrected chi connectivity index (χ2v) is 6.19. The predicted molar refractivity (Wildman–Crippen MR) is 110 cm³/mol. The summed E-state index contributed by atoms with van der Waals surface area (Å²) >= 11 is 0. The molecule has 0 aromatic heterocycles. The molecule has 0 aliphatic rings. The first kappa shape index (κ1) is 18.5. The smallest absolute Gasteiger partial charge is 0.251 e. The second kappa shape index (κ2) is 9.39. The van der Waals surface area contributed by atoms with Crippen LogP contribution in [0.2, 0.25) is 0 Å². The summed E-state index contributed by atoms with van der Waals surface area (Å²) < 4.78 is 5.20. The molecular weight excluding hydrogens is 334 g/mol. The third kappa shape index (κ3) is 5.32. The number of hydrogen-bond acceptors (Lipinski definition) is 2. The van der Waals surface area contributed by atoms with E-state index in [1.807, 2.05) is 78.9 Å². The van der Waals surface area contributed by atoms with Crippen LogP contribution in [-0.4, -0.2) is 19.6 Å². The Labute approximate surface area is 160 Å². The summed E-state index contributed by atoms with van der Waals surface area (Å²) in [7, 11) is 1.64. The molecule has 3 nitrogen and oxygen atoms in total. The summed E-state index contributed by atoms with van der Waals surface area (Å²) in [6.07, 6.45) is 2.71. The molecule has 1 amide bonds. The third-order valence-electron chi connectivity index (χ3n) is 4.30. The first-order chi connectivity index (χ1) is 13.3. The molecule has 0 saturated carbocycles. The minimum absolute atomic E-state index is 0.0760. The van der Waals surface area contributed by atoms with E-state index in [2.05, 4.69) is 17.4 Å². The summed E-state index contributed by atoms with van der Waals surface area (Å²) in [4.78, 5) is 12.9. The number of nitrogens with one attached hydrogen (secondary N) is 1. The number of amides is 1. The molecule has 0 aliphatic carbocycles. The summed E-state index contributed by atoms with van der Waals surface area (Å²) in [5, 5.41) is 3.04. The maximum Gasteiger partial charge on any atom is 0.251 e. The van der Waals surface area contributed by atoms with Crippen molar-refractivity contribution in [2.75, 3.05) is 13.7 Å². The lowest BCUT2D eigenvalue weighted by Gasteiger charge is -2.10. The Bertz CT molecular complexity index is 885. The first-order valence-electron chi connectivity index (χ1n) is 8.99. The molecular formula is C24H23NO2. The molecule has 0 heterocycles. The standard InChI is InChI=1S/C24H23NO2/c1-27-22-14-12-20(13-15-22)18-23(21-10-6-3-7-11-21)24(26)25-17-16-19-8-4-2-5-9-19/h2-15,18H,16-17H2,1H3,(H,25,26). The van der Waals surface area contributed by atoms with Gasteiger partial charge in [-0.05, 0) is 41.3 Å². The van der Waals surface area contributed by atoms with Gasteiger partial charge in [-0.2, -0.15) is 0 Å². The van der Waals surface area contributed by atoms with E-state index >= 15 is 0 Å². The molecule has 1 N–H and O–H groups in total. The van der Waals surface area contributed by atoms with E-state index in [1.165, 1.54) is 5.56 Å². The molecule has 0 atom stereocenters. The van der Waals surface area contributed by atoms with Crippen molar-refractivity contribution in [2.24, 2.45) is 0 Å². The Morgan fingerprint density at radius 1 is 0.889 bits per heavy atom. The Hall–Kier alpha value is -3.33. The molecule has 3 aromatic carbocycles. The molecule has 0 radical (unpaired) electrons. The zero-order chi connectivity index (χ0) is 18.9. The SMILES string of the molecule is COc1ccc(C=C(C(=O)NCCc2ccccc2)c2ccccc2)cc1. The molecule has 136 valence electrons. The zero-order valence-corrected chi connectivity index (χ0v) is 15.4. The zero-order valence-electron chi connectivity index (χ0n) is 15.4. The van der Waals surface area contributed by atoms with Crippen molar-refractivity contribution >= 4 is 17.6 Å². The van der Waals surface area contributed by atoms with E-state index in [0.717, 1.165) is 23.3 Å². The molecule has 0 saturated heterocycles. The Morgan fingerprint density at radius 2 is 1.52 bits per heavy atom. The fraction of sp³-hybridized carbons (Fsp3) is 0.125. The van der Waals surface area contributed by atoms with Gasteiger partial charge in [0.05, 0.1) is 7.11 Å². The number of benzene rings is 3. The largest absolute Gasteiger partial charge is 0.497 e. The van der Waals surface area contributed by atoms with Crippen molar-refractivity contribution in [3.8, 4) is 5.75 Å². The fourth-order valence-electron chi connectivity index (χ4n) is 2.82. The highest BCUT2D eigenvalue weighted by Gasteiger charge is 2.11. The van der Waals surface area contributed by atoms with Gasteiger partial charge in [-0.3, -0.25) is 4.79 Å². The van der Waals surface area contributed by atoms with E-state index in [4.69, 9.17) is 4.74 Å². The summed E-state index contributed by atoms with van der Waals surface area (Å²) in [5.41, 5.74) is 3.70. The highest BCUT2D eigenvalue weighted by Crippen LogP contribution is 2.20. The van der Waals surface area contributed by atoms with Gasteiger partial charge in [0.1, 0.15) is 5.75 Å². The van der Waals surface area contributed by atoms with Gasteiger partial charge >= 0.3 is 0 Å². The second-order valence-electron chi connectivity index (χ2n) is 6.19. The molecule has 0 aliphatic heterocycles. The normalized spacial score (nSPS) is 11.1. The number of hydrogen-bond donors (Lipinski definition) is 1. The summed E-state index contributed by atoms with van der Waals surface area (Å²) in [5.74, 6) is 0.716. The van der Waals surface area contributed by atoms with Gasteiger partial charge in [-0.1, -0.05) is 72.8 Å². The number of ether oxygens (including phenoxy) is 1. The van der Waals surface area contributed by atoms with Gasteiger partial charge in [0.2, 0.25) is 0 Å². The van der Waals surface area contributed by atoms with E-state index in [-0.39, 0.29) is 5.91 Å². The molecule has 27 heavy (non-hydrogen) atoms. The minimum atomic E-state index is -0.0760. The molecule has 3 rings (SSSR count). The van der Waals surface area contributed by atoms with Gasteiger partial charge in [0.25, 0.3) is 5.91 Å². The van der Waals surface area contributed by atoms with Gasteiger partial charge < -0.3 is 10.1 Å². The average Bonchev–Trinajstić information content (AvgIpc) is 2.74. The highest BCUT2D eigenvalue weighted by molar-refractivity contribution is 6.24. The Kier molecular flexibility index (Phi) is 6.42. The van der Waals surface area contributed by atoms with Crippen LogP contribution in [0.3, 0.4) is 0 Å². The van der Waals surface area contributed by atoms with Crippen LogP contribution in [0.4, 0.5) is 0 Å². The van der Waals surface area contributed by atoms with Crippen LogP contribution in [0.25, 0.3) is 11.6 Å². The van der Waals surface area contributed by atoms with Crippen LogP contribution in [0.1, 0.15) is 16.7 Å². The van der Waals surface area contributed by atoms with Gasteiger partial charge in [-0.25, -0.2) is 0 Å². The lowest BCUT2D eigenvalue weighted by Crippen LogP contribution is -2.26. The number of carbonyl (C=O) groups is 1. The van der Waals surface area contributed by atoms with Crippen LogP contribution in [0.5, 0.6) is 5.75 Å². The Morgan fingerprint density at radius 3 is 2.15 bits per heavy atom. The molecule has 3 heteroatoms. The van der Waals surface area contributed by atoms with Crippen molar-refractivity contribution in [1.29, 1.82) is 0 Å². The lowest BCUT2D eigenvalue weighted by molar-refractivity contribution is -0.115. The number of rotatable bonds is 7. The van der Waals surface area contributed by atoms with Crippen LogP contribution >= 0.6 is 0 Å². The molecule has 0 fully saturated rings. The molecule has 0 unspecified atom stereocenters. The number of methoxy groups -OCH3 is 1. The summed E-state index contributed by atoms with van der Waals surface area (Å²) in [6.45, 7) is 0.593. The quantitative estimate of drug-likeness (QED) is 0.496. The van der Waals surface area contributed by atoms with Crippen LogP contribution < -0.4 is 10.1 Å².